The molecule has 2 atom stereocenters. The van der Waals surface area contributed by atoms with Crippen LogP contribution in [0, 0.1) is 5.92 Å². The Bertz CT molecular complexity index is 1200. The molecule has 0 bridgehead atoms. The van der Waals surface area contributed by atoms with Gasteiger partial charge < -0.3 is 5.11 Å². The van der Waals surface area contributed by atoms with Crippen LogP contribution in [0.2, 0.25) is 0 Å². The van der Waals surface area contributed by atoms with Crippen molar-refractivity contribution in [1.29, 1.82) is 0 Å². The minimum atomic E-state index is -6.06. The zero-order chi connectivity index (χ0) is 27.4. The molecule has 0 spiro atoms. The highest BCUT2D eigenvalue weighted by atomic mass is 32.2. The summed E-state index contributed by atoms with van der Waals surface area (Å²) >= 11 is 0. The van der Waals surface area contributed by atoms with Crippen molar-refractivity contribution in [3.05, 3.63) is 59.9 Å². The molecule has 1 unspecified atom stereocenters. The first-order valence-corrected chi connectivity index (χ1v) is 13.1. The molecule has 1 N–H and O–H groups in total. The van der Waals surface area contributed by atoms with Crippen LogP contribution >= 0.6 is 0 Å². The Morgan fingerprint density at radius 1 is 0.946 bits per heavy atom. The van der Waals surface area contributed by atoms with Gasteiger partial charge >= 0.3 is 12.4 Å². The lowest BCUT2D eigenvalue weighted by molar-refractivity contribution is -0.376. The smallest absolute Gasteiger partial charge is 0.369 e. The summed E-state index contributed by atoms with van der Waals surface area (Å²) in [5, 5.41) is 9.57. The minimum Gasteiger partial charge on any atom is -0.369 e. The number of hydrogen-bond donors (Lipinski definition) is 1. The van der Waals surface area contributed by atoms with Crippen molar-refractivity contribution in [2.24, 2.45) is 5.92 Å². The van der Waals surface area contributed by atoms with Crippen molar-refractivity contribution >= 4 is 10.0 Å². The van der Waals surface area contributed by atoms with Crippen LogP contribution < -0.4 is 0 Å². The fraction of sp³-hybridized carbons (Fsp3) is 0.542. The molecule has 1 aromatic heterocycles. The number of piperazine rings is 1. The van der Waals surface area contributed by atoms with Gasteiger partial charge in [0, 0.05) is 49.2 Å². The molecule has 1 saturated carbocycles. The highest BCUT2D eigenvalue weighted by Gasteiger charge is 2.71. The summed E-state index contributed by atoms with van der Waals surface area (Å²) in [6.45, 7) is 4.66. The molecule has 4 rings (SSSR count). The zero-order valence-corrected chi connectivity index (χ0v) is 20.9. The summed E-state index contributed by atoms with van der Waals surface area (Å²) < 4.78 is 107. The van der Waals surface area contributed by atoms with Crippen LogP contribution in [0.3, 0.4) is 0 Å². The largest absolute Gasteiger partial charge is 0.430 e. The molecule has 2 fully saturated rings. The van der Waals surface area contributed by atoms with Crippen LogP contribution in [-0.4, -0.2) is 65.7 Å². The molecule has 1 aliphatic heterocycles. The van der Waals surface area contributed by atoms with Crippen LogP contribution in [0.15, 0.2) is 53.7 Å². The van der Waals surface area contributed by atoms with Crippen LogP contribution in [0.5, 0.6) is 0 Å². The highest BCUT2D eigenvalue weighted by molar-refractivity contribution is 7.89. The van der Waals surface area contributed by atoms with Crippen molar-refractivity contribution in [2.45, 2.75) is 61.1 Å². The predicted molar refractivity (Wildman–Crippen MR) is 122 cm³/mol. The molecule has 6 nitrogen and oxygen atoms in total. The lowest BCUT2D eigenvalue weighted by atomic mass is 9.85. The van der Waals surface area contributed by atoms with E-state index in [4.69, 9.17) is 0 Å². The van der Waals surface area contributed by atoms with Crippen LogP contribution in [-0.2, 0) is 21.2 Å². The summed E-state index contributed by atoms with van der Waals surface area (Å²) in [7, 11) is -4.23. The van der Waals surface area contributed by atoms with Crippen molar-refractivity contribution in [3.8, 4) is 0 Å². The first kappa shape index (κ1) is 27.8. The number of aliphatic hydroxyl groups is 1. The minimum absolute atomic E-state index is 0.0862. The molecular weight excluding hydrogens is 524 g/mol. The Morgan fingerprint density at radius 2 is 1.54 bits per heavy atom. The van der Waals surface area contributed by atoms with Gasteiger partial charge in [0.15, 0.2) is 0 Å². The molecule has 13 heteroatoms. The van der Waals surface area contributed by atoms with Gasteiger partial charge in [-0.15, -0.1) is 0 Å². The van der Waals surface area contributed by atoms with Crippen molar-refractivity contribution in [2.75, 3.05) is 19.6 Å². The SMILES string of the molecule is C[C@@H]1CN(C(C)(c2cccnc2)C2CC2)CCN1S(=O)(=O)c1ccc(C(O)(C(F)(F)F)C(F)(F)F)cc1. The molecule has 204 valence electrons. The van der Waals surface area contributed by atoms with E-state index in [-0.39, 0.29) is 12.1 Å². The lowest BCUT2D eigenvalue weighted by Gasteiger charge is -2.48. The Hall–Kier alpha value is -2.22. The quantitative estimate of drug-likeness (QED) is 0.539. The first-order valence-electron chi connectivity index (χ1n) is 11.7. The van der Waals surface area contributed by atoms with E-state index in [2.05, 4.69) is 16.8 Å². The van der Waals surface area contributed by atoms with E-state index in [1.165, 1.54) is 4.31 Å². The second-order valence-electron chi connectivity index (χ2n) is 9.80. The Balaban J connectivity index is 1.57. The fourth-order valence-electron chi connectivity index (χ4n) is 5.20. The Labute approximate surface area is 211 Å². The predicted octanol–water partition coefficient (Wildman–Crippen LogP) is 4.41. The molecule has 1 aromatic carbocycles. The maximum atomic E-state index is 13.3. The van der Waals surface area contributed by atoms with Crippen molar-refractivity contribution < 1.29 is 39.9 Å². The maximum absolute atomic E-state index is 13.3. The monoisotopic (exact) mass is 551 g/mol. The molecule has 1 saturated heterocycles. The van der Waals surface area contributed by atoms with E-state index in [1.54, 1.807) is 19.3 Å². The summed E-state index contributed by atoms with van der Waals surface area (Å²) in [4.78, 5) is 5.99. The third-order valence-corrected chi connectivity index (χ3v) is 9.57. The van der Waals surface area contributed by atoms with Gasteiger partial charge in [-0.3, -0.25) is 9.88 Å². The second-order valence-corrected chi connectivity index (χ2v) is 11.7. The number of hydrogen-bond acceptors (Lipinski definition) is 5. The number of halogens is 6. The number of rotatable bonds is 6. The van der Waals surface area contributed by atoms with Crippen molar-refractivity contribution in [1.82, 2.24) is 14.2 Å². The molecule has 2 aliphatic rings. The standard InChI is InChI=1S/C24H27F6N3O3S/c1-16-15-32(21(2,17-5-6-17)19-4-3-11-31-14-19)12-13-33(16)37(35,36)20-9-7-18(8-10-20)22(34,23(25,26)27)24(28,29)30/h3-4,7-11,14,16-17,34H,5-6,12-13,15H2,1-2H3/t16-,21?/m1/s1. The van der Waals surface area contributed by atoms with E-state index < -0.39 is 44.5 Å². The molecule has 37 heavy (non-hydrogen) atoms. The van der Waals surface area contributed by atoms with Crippen molar-refractivity contribution in [3.63, 3.8) is 0 Å². The van der Waals surface area contributed by atoms with Gasteiger partial charge in [0.2, 0.25) is 10.0 Å². The number of benzene rings is 1. The summed E-state index contributed by atoms with van der Waals surface area (Å²) in [6.07, 6.45) is -6.56. The van der Waals surface area contributed by atoms with Gasteiger partial charge in [0.1, 0.15) is 0 Å². The van der Waals surface area contributed by atoms with Gasteiger partial charge in [-0.25, -0.2) is 8.42 Å². The Morgan fingerprint density at radius 3 is 2.00 bits per heavy atom. The topological polar surface area (TPSA) is 73.7 Å². The first-order chi connectivity index (χ1) is 17.0. The summed E-state index contributed by atoms with van der Waals surface area (Å²) in [6, 6.07) is 5.34. The molecular formula is C24H27F6N3O3S. The molecule has 0 radical (unpaired) electrons. The van der Waals surface area contributed by atoms with Gasteiger partial charge in [-0.2, -0.15) is 30.6 Å². The molecule has 2 aromatic rings. The summed E-state index contributed by atoms with van der Waals surface area (Å²) in [5.41, 5.74) is -5.96. The van der Waals surface area contributed by atoms with E-state index in [0.29, 0.717) is 43.3 Å². The maximum Gasteiger partial charge on any atom is 0.430 e. The van der Waals surface area contributed by atoms with E-state index in [1.807, 2.05) is 12.1 Å². The average molecular weight is 552 g/mol. The highest BCUT2D eigenvalue weighted by Crippen LogP contribution is 2.51. The van der Waals surface area contributed by atoms with Crippen LogP contribution in [0.25, 0.3) is 0 Å². The second kappa shape index (κ2) is 9.21. The molecule has 0 amide bonds. The normalized spacial score (nSPS) is 22.6. The molecule has 2 heterocycles. The van der Waals surface area contributed by atoms with E-state index >= 15 is 0 Å². The Kier molecular flexibility index (Phi) is 6.92. The number of nitrogens with zero attached hydrogens (tertiary/aromatic N) is 3. The average Bonchev–Trinajstić information content (AvgIpc) is 3.68. The van der Waals surface area contributed by atoms with E-state index in [9.17, 15) is 39.9 Å². The molecule has 1 aliphatic carbocycles. The lowest BCUT2D eigenvalue weighted by Crippen LogP contribution is -2.59. The third-order valence-electron chi connectivity index (χ3n) is 7.54. The number of aromatic nitrogens is 1. The van der Waals surface area contributed by atoms with Crippen LogP contribution in [0.1, 0.15) is 37.8 Å². The number of sulfonamides is 1. The number of alkyl halides is 6. The zero-order valence-electron chi connectivity index (χ0n) is 20.1. The van der Waals surface area contributed by atoms with E-state index in [0.717, 1.165) is 18.4 Å². The van der Waals surface area contributed by atoms with Gasteiger partial charge in [-0.1, -0.05) is 18.2 Å². The van der Waals surface area contributed by atoms with Gasteiger partial charge in [0.25, 0.3) is 5.60 Å². The number of pyridine rings is 1. The third kappa shape index (κ3) is 4.64. The summed E-state index contributed by atoms with van der Waals surface area (Å²) in [5.74, 6) is 0.389. The van der Waals surface area contributed by atoms with Gasteiger partial charge in [-0.05, 0) is 56.4 Å². The van der Waals surface area contributed by atoms with Gasteiger partial charge in [0.05, 0.1) is 4.90 Å². The van der Waals surface area contributed by atoms with Crippen LogP contribution in [0.4, 0.5) is 26.3 Å². The fourth-order valence-corrected chi connectivity index (χ4v) is 6.81.